The van der Waals surface area contributed by atoms with Crippen LogP contribution in [0.1, 0.15) is 44.1 Å². The average Bonchev–Trinajstić information content (AvgIpc) is 3.38. The topological polar surface area (TPSA) is 69.5 Å². The minimum atomic E-state index is 0.496. The number of hydrogen-bond acceptors (Lipinski definition) is 6. The summed E-state index contributed by atoms with van der Waals surface area (Å²) in [6, 6.07) is 6.03. The number of aryl methyl sites for hydroxylation is 1. The third-order valence-corrected chi connectivity index (χ3v) is 5.93. The number of nitrogens with zero attached hydrogens (tertiary/aromatic N) is 4. The molecule has 2 aromatic heterocycles. The summed E-state index contributed by atoms with van der Waals surface area (Å²) < 4.78 is 5.58. The molecule has 4 heterocycles. The number of thiocarbonyl (C=S) groups is 1. The van der Waals surface area contributed by atoms with Crippen LogP contribution in [0.5, 0.6) is 0 Å². The molecule has 2 aliphatic heterocycles. The lowest BCUT2D eigenvalue weighted by Crippen LogP contribution is -2.34. The normalized spacial score (nSPS) is 17.6. The van der Waals surface area contributed by atoms with Crippen LogP contribution in [0.15, 0.2) is 22.6 Å². The van der Waals surface area contributed by atoms with Crippen molar-refractivity contribution in [2.75, 3.05) is 41.3 Å². The summed E-state index contributed by atoms with van der Waals surface area (Å²) in [6.45, 7) is 8.96. The Morgan fingerprint density at radius 3 is 2.38 bits per heavy atom. The summed E-state index contributed by atoms with van der Waals surface area (Å²) in [5.41, 5.74) is 0. The summed E-state index contributed by atoms with van der Waals surface area (Å²) in [7, 11) is 0. The molecule has 7 nitrogen and oxygen atoms in total. The molecule has 0 atom stereocenters. The molecule has 0 aromatic carbocycles. The monoisotopic (exact) mass is 414 g/mol. The Hall–Kier alpha value is -2.35. The van der Waals surface area contributed by atoms with E-state index in [0.29, 0.717) is 17.6 Å². The SMILES string of the molecule is Cc1ccc(CNC(=S)Nc2nc(N3CCCC3)cc(N3CCC(C)CC3)n2)o1. The molecule has 2 fully saturated rings. The summed E-state index contributed by atoms with van der Waals surface area (Å²) in [5.74, 6) is 5.05. The van der Waals surface area contributed by atoms with Crippen LogP contribution < -0.4 is 20.4 Å². The lowest BCUT2D eigenvalue weighted by molar-refractivity contribution is 0.436. The van der Waals surface area contributed by atoms with Gasteiger partial charge in [-0.25, -0.2) is 0 Å². The molecule has 156 valence electrons. The number of anilines is 3. The van der Waals surface area contributed by atoms with E-state index in [1.165, 1.54) is 25.7 Å². The van der Waals surface area contributed by atoms with Crippen molar-refractivity contribution in [3.8, 4) is 0 Å². The standard InChI is InChI=1S/C21H30N6OS/c1-15-7-11-27(12-8-15)19-13-18(26-9-3-4-10-26)23-20(24-19)25-21(29)22-14-17-6-5-16(2)28-17/h5-6,13,15H,3-4,7-12,14H2,1-2H3,(H2,22,23,24,25,29). The fourth-order valence-corrected chi connectivity index (χ4v) is 4.04. The molecular weight excluding hydrogens is 384 g/mol. The van der Waals surface area contributed by atoms with Gasteiger partial charge >= 0.3 is 0 Å². The quantitative estimate of drug-likeness (QED) is 0.718. The van der Waals surface area contributed by atoms with Gasteiger partial charge in [-0.15, -0.1) is 0 Å². The average molecular weight is 415 g/mol. The summed E-state index contributed by atoms with van der Waals surface area (Å²) in [6.07, 6.45) is 4.83. The highest BCUT2D eigenvalue weighted by Gasteiger charge is 2.21. The number of hydrogen-bond donors (Lipinski definition) is 2. The second-order valence-electron chi connectivity index (χ2n) is 8.09. The minimum Gasteiger partial charge on any atom is -0.465 e. The first-order valence-corrected chi connectivity index (χ1v) is 11.0. The number of piperidine rings is 1. The van der Waals surface area contributed by atoms with Gasteiger partial charge in [-0.2, -0.15) is 9.97 Å². The van der Waals surface area contributed by atoms with E-state index in [4.69, 9.17) is 26.6 Å². The molecule has 0 spiro atoms. The maximum Gasteiger partial charge on any atom is 0.232 e. The van der Waals surface area contributed by atoms with Crippen LogP contribution in [-0.2, 0) is 6.54 Å². The largest absolute Gasteiger partial charge is 0.465 e. The zero-order chi connectivity index (χ0) is 20.2. The van der Waals surface area contributed by atoms with E-state index in [1.54, 1.807) is 0 Å². The second kappa shape index (κ2) is 8.98. The Kier molecular flexibility index (Phi) is 6.18. The van der Waals surface area contributed by atoms with E-state index in [-0.39, 0.29) is 0 Å². The molecule has 0 saturated carbocycles. The van der Waals surface area contributed by atoms with Gasteiger partial charge in [0.25, 0.3) is 0 Å². The van der Waals surface area contributed by atoms with E-state index < -0.39 is 0 Å². The van der Waals surface area contributed by atoms with Crippen molar-refractivity contribution >= 4 is 34.9 Å². The predicted octanol–water partition coefficient (Wildman–Crippen LogP) is 3.70. The van der Waals surface area contributed by atoms with Crippen molar-refractivity contribution in [3.63, 3.8) is 0 Å². The third kappa shape index (κ3) is 5.18. The van der Waals surface area contributed by atoms with Crippen molar-refractivity contribution in [2.45, 2.75) is 46.1 Å². The first-order chi connectivity index (χ1) is 14.1. The van der Waals surface area contributed by atoms with Crippen molar-refractivity contribution < 1.29 is 4.42 Å². The number of aromatic nitrogens is 2. The van der Waals surface area contributed by atoms with Crippen molar-refractivity contribution in [3.05, 3.63) is 29.7 Å². The highest BCUT2D eigenvalue weighted by atomic mass is 32.1. The van der Waals surface area contributed by atoms with E-state index >= 15 is 0 Å². The molecule has 2 saturated heterocycles. The van der Waals surface area contributed by atoms with Gasteiger partial charge in [-0.3, -0.25) is 0 Å². The lowest BCUT2D eigenvalue weighted by atomic mass is 9.99. The maximum absolute atomic E-state index is 5.58. The number of rotatable bonds is 5. The van der Waals surface area contributed by atoms with Crippen molar-refractivity contribution in [1.82, 2.24) is 15.3 Å². The van der Waals surface area contributed by atoms with Gasteiger partial charge in [-0.05, 0) is 62.9 Å². The van der Waals surface area contributed by atoms with E-state index in [9.17, 15) is 0 Å². The van der Waals surface area contributed by atoms with E-state index in [1.807, 2.05) is 19.1 Å². The molecule has 0 amide bonds. The third-order valence-electron chi connectivity index (χ3n) is 5.68. The minimum absolute atomic E-state index is 0.496. The van der Waals surface area contributed by atoms with Crippen LogP contribution in [-0.4, -0.2) is 41.3 Å². The smallest absolute Gasteiger partial charge is 0.232 e. The number of nitrogens with one attached hydrogen (secondary N) is 2. The molecule has 4 rings (SSSR count). The van der Waals surface area contributed by atoms with Gasteiger partial charge in [0.05, 0.1) is 6.54 Å². The molecule has 2 aliphatic rings. The van der Waals surface area contributed by atoms with E-state index in [2.05, 4.69) is 33.4 Å². The summed E-state index contributed by atoms with van der Waals surface area (Å²) in [4.78, 5) is 14.2. The molecule has 2 N–H and O–H groups in total. The predicted molar refractivity (Wildman–Crippen MR) is 121 cm³/mol. The maximum atomic E-state index is 5.58. The Balaban J connectivity index is 1.47. The molecular formula is C21H30N6OS. The highest BCUT2D eigenvalue weighted by molar-refractivity contribution is 7.80. The fraction of sp³-hybridized carbons (Fsp3) is 0.571. The summed E-state index contributed by atoms with van der Waals surface area (Å²) >= 11 is 5.46. The van der Waals surface area contributed by atoms with Crippen LogP contribution in [0, 0.1) is 12.8 Å². The van der Waals surface area contributed by atoms with Crippen LogP contribution in [0.3, 0.4) is 0 Å². The molecule has 0 unspecified atom stereocenters. The first-order valence-electron chi connectivity index (χ1n) is 10.6. The van der Waals surface area contributed by atoms with Gasteiger partial charge in [-0.1, -0.05) is 6.92 Å². The van der Waals surface area contributed by atoms with Gasteiger partial charge in [0.1, 0.15) is 23.2 Å². The van der Waals surface area contributed by atoms with Crippen LogP contribution >= 0.6 is 12.2 Å². The van der Waals surface area contributed by atoms with Gasteiger partial charge in [0.2, 0.25) is 5.95 Å². The van der Waals surface area contributed by atoms with Crippen LogP contribution in [0.2, 0.25) is 0 Å². The highest BCUT2D eigenvalue weighted by Crippen LogP contribution is 2.27. The van der Waals surface area contributed by atoms with Crippen LogP contribution in [0.25, 0.3) is 0 Å². The van der Waals surface area contributed by atoms with Gasteiger partial charge in [0, 0.05) is 32.2 Å². The first kappa shape index (κ1) is 19.9. The van der Waals surface area contributed by atoms with Gasteiger partial charge in [0.15, 0.2) is 5.11 Å². The molecule has 29 heavy (non-hydrogen) atoms. The van der Waals surface area contributed by atoms with Gasteiger partial charge < -0.3 is 24.9 Å². The van der Waals surface area contributed by atoms with Crippen molar-refractivity contribution in [2.24, 2.45) is 5.92 Å². The summed E-state index contributed by atoms with van der Waals surface area (Å²) in [5, 5.41) is 6.84. The Morgan fingerprint density at radius 1 is 1.10 bits per heavy atom. The zero-order valence-corrected chi connectivity index (χ0v) is 18.1. The Labute approximate surface area is 177 Å². The fourth-order valence-electron chi connectivity index (χ4n) is 3.88. The Morgan fingerprint density at radius 2 is 1.76 bits per heavy atom. The van der Waals surface area contributed by atoms with E-state index in [0.717, 1.165) is 55.3 Å². The molecule has 8 heteroatoms. The second-order valence-corrected chi connectivity index (χ2v) is 8.50. The molecule has 0 bridgehead atoms. The Bertz CT molecular complexity index is 839. The molecule has 0 aliphatic carbocycles. The lowest BCUT2D eigenvalue weighted by Gasteiger charge is -2.32. The molecule has 2 aromatic rings. The molecule has 0 radical (unpaired) electrons. The van der Waals surface area contributed by atoms with Crippen molar-refractivity contribution in [1.29, 1.82) is 0 Å². The number of furan rings is 1. The zero-order valence-electron chi connectivity index (χ0n) is 17.3. The van der Waals surface area contributed by atoms with Crippen LogP contribution in [0.4, 0.5) is 17.6 Å².